The molecule has 1 spiro atoms. The van der Waals surface area contributed by atoms with E-state index in [2.05, 4.69) is 45.8 Å². The average Bonchev–Trinajstić information content (AvgIpc) is 3.55. The van der Waals surface area contributed by atoms with Gasteiger partial charge in [-0.1, -0.05) is 13.0 Å². The number of likely N-dealkylation sites (tertiary alicyclic amines) is 1. The van der Waals surface area contributed by atoms with E-state index >= 15 is 0 Å². The van der Waals surface area contributed by atoms with Crippen LogP contribution in [0.3, 0.4) is 0 Å². The fourth-order valence-corrected chi connectivity index (χ4v) is 4.99. The zero-order valence-electron chi connectivity index (χ0n) is 20.4. The number of anilines is 1. The standard InChI is InChI=1S/C24H26N4O2.C2HF3O2/c1-3-13-28-20-9-5-12-25-22(20)27-14-6-10-21(27)24(28)11-15-26(17-24)23(29)18-7-4-8-19(16-18)30-2;3-2(4,5)1(6)7/h4-10,12,14,16H,3,11,13,15,17H2,1-2H3;(H,6,7). The molecule has 196 valence electrons. The average molecular weight is 517 g/mol. The summed E-state index contributed by atoms with van der Waals surface area (Å²) in [5.41, 5.74) is 2.77. The number of carbonyl (C=O) groups is 2. The lowest BCUT2D eigenvalue weighted by molar-refractivity contribution is -0.192. The van der Waals surface area contributed by atoms with Crippen molar-refractivity contribution >= 4 is 17.6 Å². The van der Waals surface area contributed by atoms with E-state index in [-0.39, 0.29) is 11.4 Å². The Bertz CT molecular complexity index is 1290. The van der Waals surface area contributed by atoms with Gasteiger partial charge in [-0.05, 0) is 55.3 Å². The minimum absolute atomic E-state index is 0.0531. The largest absolute Gasteiger partial charge is 0.497 e. The summed E-state index contributed by atoms with van der Waals surface area (Å²) in [5.74, 6) is -1.03. The molecule has 11 heteroatoms. The van der Waals surface area contributed by atoms with Crippen molar-refractivity contribution in [1.82, 2.24) is 14.5 Å². The van der Waals surface area contributed by atoms with E-state index in [0.29, 0.717) is 17.9 Å². The van der Waals surface area contributed by atoms with Crippen molar-refractivity contribution in [2.24, 2.45) is 0 Å². The Morgan fingerprint density at radius 1 is 1.16 bits per heavy atom. The Hall–Kier alpha value is -4.02. The predicted molar refractivity (Wildman–Crippen MR) is 130 cm³/mol. The number of fused-ring (bicyclic) bond motifs is 4. The van der Waals surface area contributed by atoms with Gasteiger partial charge in [-0.2, -0.15) is 13.2 Å². The lowest BCUT2D eigenvalue weighted by atomic mass is 9.88. The Morgan fingerprint density at radius 3 is 2.59 bits per heavy atom. The van der Waals surface area contributed by atoms with Crippen LogP contribution in [0.5, 0.6) is 5.75 Å². The van der Waals surface area contributed by atoms with Gasteiger partial charge in [0.1, 0.15) is 11.3 Å². The van der Waals surface area contributed by atoms with E-state index in [0.717, 1.165) is 37.4 Å². The van der Waals surface area contributed by atoms with E-state index in [1.807, 2.05) is 41.4 Å². The van der Waals surface area contributed by atoms with Gasteiger partial charge in [0.25, 0.3) is 5.91 Å². The molecule has 8 nitrogen and oxygen atoms in total. The molecule has 0 radical (unpaired) electrons. The number of hydrogen-bond donors (Lipinski definition) is 1. The number of alkyl halides is 3. The Labute approximate surface area is 211 Å². The van der Waals surface area contributed by atoms with E-state index in [1.54, 1.807) is 7.11 Å². The van der Waals surface area contributed by atoms with E-state index in [9.17, 15) is 18.0 Å². The van der Waals surface area contributed by atoms with Crippen LogP contribution in [0.2, 0.25) is 0 Å². The van der Waals surface area contributed by atoms with Gasteiger partial charge in [-0.3, -0.25) is 4.79 Å². The number of aliphatic carboxylic acids is 1. The Balaban J connectivity index is 0.000000405. The fourth-order valence-electron chi connectivity index (χ4n) is 4.99. The number of carboxylic acids is 1. The first-order valence-electron chi connectivity index (χ1n) is 11.8. The summed E-state index contributed by atoms with van der Waals surface area (Å²) in [6.07, 6.45) is 0.762. The molecule has 0 aliphatic carbocycles. The summed E-state index contributed by atoms with van der Waals surface area (Å²) < 4.78 is 39.2. The molecule has 1 saturated heterocycles. The summed E-state index contributed by atoms with van der Waals surface area (Å²) >= 11 is 0. The Morgan fingerprint density at radius 2 is 1.92 bits per heavy atom. The van der Waals surface area contributed by atoms with Crippen LogP contribution in [0.25, 0.3) is 5.82 Å². The molecular weight excluding hydrogens is 489 g/mol. The Kier molecular flexibility index (Phi) is 7.15. The molecule has 1 atom stereocenters. The maximum atomic E-state index is 13.3. The number of nitrogens with zero attached hydrogens (tertiary/aromatic N) is 4. The number of benzene rings is 1. The number of hydrogen-bond acceptors (Lipinski definition) is 5. The van der Waals surface area contributed by atoms with Crippen molar-refractivity contribution < 1.29 is 32.6 Å². The third-order valence-electron chi connectivity index (χ3n) is 6.57. The summed E-state index contributed by atoms with van der Waals surface area (Å²) in [6.45, 7) is 4.50. The second kappa shape index (κ2) is 10.2. The molecule has 2 aliphatic heterocycles. The van der Waals surface area contributed by atoms with Crippen molar-refractivity contribution in [3.63, 3.8) is 0 Å². The highest BCUT2D eigenvalue weighted by Crippen LogP contribution is 2.47. The van der Waals surface area contributed by atoms with Gasteiger partial charge in [0.05, 0.1) is 18.5 Å². The number of carboxylic acid groups (broad SMARTS) is 1. The SMILES string of the molecule is CCCN1c2cccnc2-n2cccc2C12CCN(C(=O)c1cccc(OC)c1)C2.O=C(O)C(F)(F)F. The molecule has 1 amide bonds. The van der Waals surface area contributed by atoms with Crippen LogP contribution >= 0.6 is 0 Å². The second-order valence-electron chi connectivity index (χ2n) is 8.80. The zero-order chi connectivity index (χ0) is 26.8. The predicted octanol–water partition coefficient (Wildman–Crippen LogP) is 4.49. The van der Waals surface area contributed by atoms with Gasteiger partial charge in [-0.25, -0.2) is 9.78 Å². The van der Waals surface area contributed by atoms with Crippen LogP contribution in [-0.4, -0.2) is 64.4 Å². The van der Waals surface area contributed by atoms with Gasteiger partial charge < -0.3 is 24.2 Å². The maximum absolute atomic E-state index is 13.3. The zero-order valence-corrected chi connectivity index (χ0v) is 20.4. The van der Waals surface area contributed by atoms with Crippen LogP contribution in [0.1, 0.15) is 35.8 Å². The van der Waals surface area contributed by atoms with Crippen molar-refractivity contribution in [3.05, 3.63) is 72.2 Å². The quantitative estimate of drug-likeness (QED) is 0.550. The maximum Gasteiger partial charge on any atom is 0.490 e. The molecule has 1 fully saturated rings. The molecule has 2 aromatic heterocycles. The van der Waals surface area contributed by atoms with Crippen molar-refractivity contribution in [3.8, 4) is 11.6 Å². The first kappa shape index (κ1) is 26.1. The molecule has 3 aromatic rings. The van der Waals surface area contributed by atoms with Gasteiger partial charge in [0.15, 0.2) is 5.82 Å². The first-order valence-corrected chi connectivity index (χ1v) is 11.8. The molecule has 37 heavy (non-hydrogen) atoms. The summed E-state index contributed by atoms with van der Waals surface area (Å²) in [7, 11) is 1.62. The number of rotatable bonds is 4. The highest BCUT2D eigenvalue weighted by atomic mass is 19.4. The minimum Gasteiger partial charge on any atom is -0.497 e. The number of aromatic nitrogens is 2. The van der Waals surface area contributed by atoms with Crippen LogP contribution in [0, 0.1) is 0 Å². The molecule has 0 saturated carbocycles. The number of ether oxygens (including phenoxy) is 1. The lowest BCUT2D eigenvalue weighted by Gasteiger charge is -2.47. The first-order chi connectivity index (χ1) is 17.6. The third-order valence-corrected chi connectivity index (χ3v) is 6.57. The minimum atomic E-state index is -5.08. The van der Waals surface area contributed by atoms with Crippen molar-refractivity contribution in [2.45, 2.75) is 31.5 Å². The highest BCUT2D eigenvalue weighted by molar-refractivity contribution is 5.95. The number of methoxy groups -OCH3 is 1. The molecule has 1 unspecified atom stereocenters. The fraction of sp³-hybridized carbons (Fsp3) is 0.346. The molecule has 1 N–H and O–H groups in total. The lowest BCUT2D eigenvalue weighted by Crippen LogP contribution is -2.53. The molecule has 0 bridgehead atoms. The smallest absolute Gasteiger partial charge is 0.490 e. The van der Waals surface area contributed by atoms with Crippen LogP contribution in [0.15, 0.2) is 60.9 Å². The van der Waals surface area contributed by atoms with Crippen LogP contribution in [0.4, 0.5) is 18.9 Å². The van der Waals surface area contributed by atoms with Gasteiger partial charge in [0.2, 0.25) is 0 Å². The van der Waals surface area contributed by atoms with Crippen LogP contribution < -0.4 is 9.64 Å². The van der Waals surface area contributed by atoms with Crippen molar-refractivity contribution in [1.29, 1.82) is 0 Å². The molecule has 4 heterocycles. The number of pyridine rings is 1. The summed E-state index contributed by atoms with van der Waals surface area (Å²) in [4.78, 5) is 31.4. The van der Waals surface area contributed by atoms with Gasteiger partial charge >= 0.3 is 12.1 Å². The topological polar surface area (TPSA) is 87.9 Å². The number of amides is 1. The highest BCUT2D eigenvalue weighted by Gasteiger charge is 2.50. The summed E-state index contributed by atoms with van der Waals surface area (Å²) in [5, 5.41) is 7.12. The molecular formula is C26H27F3N4O4. The van der Waals surface area contributed by atoms with Gasteiger partial charge in [0, 0.05) is 37.6 Å². The number of halogens is 3. The van der Waals surface area contributed by atoms with E-state index < -0.39 is 12.1 Å². The molecule has 5 rings (SSSR count). The third kappa shape index (κ3) is 4.85. The van der Waals surface area contributed by atoms with Crippen molar-refractivity contribution in [2.75, 3.05) is 31.6 Å². The van der Waals surface area contributed by atoms with E-state index in [1.165, 1.54) is 5.69 Å². The van der Waals surface area contributed by atoms with Crippen LogP contribution in [-0.2, 0) is 10.3 Å². The number of carbonyl (C=O) groups excluding carboxylic acids is 1. The monoisotopic (exact) mass is 516 g/mol. The molecule has 2 aliphatic rings. The van der Waals surface area contributed by atoms with E-state index in [4.69, 9.17) is 14.6 Å². The molecule has 1 aromatic carbocycles. The van der Waals surface area contributed by atoms with Gasteiger partial charge in [-0.15, -0.1) is 0 Å². The second-order valence-corrected chi connectivity index (χ2v) is 8.80. The summed E-state index contributed by atoms with van der Waals surface area (Å²) in [6, 6.07) is 15.8. The normalized spacial score (nSPS) is 18.1.